The summed E-state index contributed by atoms with van der Waals surface area (Å²) in [5.41, 5.74) is 0.886. The van der Waals surface area contributed by atoms with Gasteiger partial charge >= 0.3 is 0 Å². The minimum atomic E-state index is -0.550. The van der Waals surface area contributed by atoms with Crippen LogP contribution in [0.15, 0.2) is 34.8 Å². The third kappa shape index (κ3) is 4.45. The van der Waals surface area contributed by atoms with Gasteiger partial charge in [0.15, 0.2) is 5.11 Å². The van der Waals surface area contributed by atoms with E-state index in [-0.39, 0.29) is 12.0 Å². The van der Waals surface area contributed by atoms with Gasteiger partial charge in [-0.3, -0.25) is 0 Å². The summed E-state index contributed by atoms with van der Waals surface area (Å²) in [6.07, 6.45) is 0.202. The SMILES string of the molecule is Cc1nc(NC(=S)NCCc2c(F)cccc2F)ccc1Br. The summed E-state index contributed by atoms with van der Waals surface area (Å²) in [6.45, 7) is 2.19. The molecule has 0 atom stereocenters. The van der Waals surface area contributed by atoms with Crippen LogP contribution in [0, 0.1) is 18.6 Å². The normalized spacial score (nSPS) is 10.4. The van der Waals surface area contributed by atoms with Gasteiger partial charge in [0.1, 0.15) is 17.5 Å². The molecule has 0 saturated carbocycles. The number of thiocarbonyl (C=S) groups is 1. The third-order valence-corrected chi connectivity index (χ3v) is 4.07. The van der Waals surface area contributed by atoms with Gasteiger partial charge in [-0.2, -0.15) is 0 Å². The summed E-state index contributed by atoms with van der Waals surface area (Å²) in [5, 5.41) is 6.18. The van der Waals surface area contributed by atoms with Gasteiger partial charge in [0, 0.05) is 16.6 Å². The highest BCUT2D eigenvalue weighted by Crippen LogP contribution is 2.16. The second-order valence-corrected chi connectivity index (χ2v) is 5.86. The van der Waals surface area contributed by atoms with Crippen LogP contribution in [0.25, 0.3) is 0 Å². The zero-order valence-electron chi connectivity index (χ0n) is 11.8. The zero-order valence-corrected chi connectivity index (χ0v) is 14.2. The Morgan fingerprint density at radius 3 is 2.55 bits per heavy atom. The number of hydrogen-bond acceptors (Lipinski definition) is 2. The summed E-state index contributed by atoms with van der Waals surface area (Å²) in [4.78, 5) is 4.30. The first-order valence-corrected chi connectivity index (χ1v) is 7.78. The number of anilines is 1. The molecular formula is C15H14BrF2N3S. The van der Waals surface area contributed by atoms with Crippen molar-refractivity contribution < 1.29 is 8.78 Å². The topological polar surface area (TPSA) is 37.0 Å². The fourth-order valence-electron chi connectivity index (χ4n) is 1.85. The van der Waals surface area contributed by atoms with E-state index in [0.717, 1.165) is 10.2 Å². The average molecular weight is 386 g/mol. The molecular weight excluding hydrogens is 372 g/mol. The van der Waals surface area contributed by atoms with Gasteiger partial charge in [-0.1, -0.05) is 6.07 Å². The summed E-state index contributed by atoms with van der Waals surface area (Å²) >= 11 is 8.50. The monoisotopic (exact) mass is 385 g/mol. The van der Waals surface area contributed by atoms with Gasteiger partial charge in [-0.25, -0.2) is 13.8 Å². The minimum absolute atomic E-state index is 0.0513. The molecule has 1 aromatic heterocycles. The van der Waals surface area contributed by atoms with E-state index in [1.54, 1.807) is 6.07 Å². The summed E-state index contributed by atoms with van der Waals surface area (Å²) < 4.78 is 27.9. The molecule has 116 valence electrons. The Labute approximate surface area is 141 Å². The fraction of sp³-hybridized carbons (Fsp3) is 0.200. The molecule has 22 heavy (non-hydrogen) atoms. The summed E-state index contributed by atoms with van der Waals surface area (Å²) in [6, 6.07) is 7.46. The first kappa shape index (κ1) is 16.8. The summed E-state index contributed by atoms with van der Waals surface area (Å²) in [5.74, 6) is -0.493. The van der Waals surface area contributed by atoms with E-state index in [2.05, 4.69) is 31.5 Å². The van der Waals surface area contributed by atoms with Crippen molar-refractivity contribution in [1.82, 2.24) is 10.3 Å². The molecule has 1 aromatic carbocycles. The van der Waals surface area contributed by atoms with Crippen LogP contribution in [0.2, 0.25) is 0 Å². The molecule has 0 unspecified atom stereocenters. The number of nitrogens with zero attached hydrogens (tertiary/aromatic N) is 1. The molecule has 0 aliphatic carbocycles. The van der Waals surface area contributed by atoms with Crippen molar-refractivity contribution in [2.24, 2.45) is 0 Å². The maximum absolute atomic E-state index is 13.5. The van der Waals surface area contributed by atoms with Crippen LogP contribution in [0.1, 0.15) is 11.3 Å². The molecule has 0 saturated heterocycles. The lowest BCUT2D eigenvalue weighted by atomic mass is 10.1. The van der Waals surface area contributed by atoms with Crippen LogP contribution in [-0.2, 0) is 6.42 Å². The lowest BCUT2D eigenvalue weighted by molar-refractivity contribution is 0.553. The molecule has 0 radical (unpaired) electrons. The molecule has 3 nitrogen and oxygen atoms in total. The first-order chi connectivity index (χ1) is 10.5. The van der Waals surface area contributed by atoms with E-state index < -0.39 is 11.6 Å². The Hall–Kier alpha value is -1.60. The van der Waals surface area contributed by atoms with E-state index in [4.69, 9.17) is 12.2 Å². The summed E-state index contributed by atoms with van der Waals surface area (Å²) in [7, 11) is 0. The first-order valence-electron chi connectivity index (χ1n) is 6.58. The third-order valence-electron chi connectivity index (χ3n) is 2.99. The fourth-order valence-corrected chi connectivity index (χ4v) is 2.27. The Kier molecular flexibility index (Phi) is 5.79. The quantitative estimate of drug-likeness (QED) is 0.781. The molecule has 0 fully saturated rings. The van der Waals surface area contributed by atoms with Crippen molar-refractivity contribution in [2.45, 2.75) is 13.3 Å². The highest BCUT2D eigenvalue weighted by molar-refractivity contribution is 9.10. The number of aryl methyl sites for hydroxylation is 1. The molecule has 7 heteroatoms. The molecule has 0 aliphatic rings. The molecule has 0 bridgehead atoms. The lowest BCUT2D eigenvalue weighted by Crippen LogP contribution is -2.30. The second kappa shape index (κ2) is 7.60. The number of aromatic nitrogens is 1. The van der Waals surface area contributed by atoms with Crippen molar-refractivity contribution in [3.8, 4) is 0 Å². The van der Waals surface area contributed by atoms with Crippen LogP contribution < -0.4 is 10.6 Å². The van der Waals surface area contributed by atoms with Crippen LogP contribution in [0.4, 0.5) is 14.6 Å². The van der Waals surface area contributed by atoms with Crippen molar-refractivity contribution in [1.29, 1.82) is 0 Å². The number of nitrogens with one attached hydrogen (secondary N) is 2. The van der Waals surface area contributed by atoms with E-state index >= 15 is 0 Å². The van der Waals surface area contributed by atoms with Gasteiger partial charge in [-0.15, -0.1) is 0 Å². The molecule has 0 amide bonds. The Morgan fingerprint density at radius 2 is 1.91 bits per heavy atom. The minimum Gasteiger partial charge on any atom is -0.362 e. The van der Waals surface area contributed by atoms with Gasteiger partial charge in [0.05, 0.1) is 5.69 Å². The number of benzene rings is 1. The highest BCUT2D eigenvalue weighted by atomic mass is 79.9. The van der Waals surface area contributed by atoms with E-state index in [1.165, 1.54) is 18.2 Å². The van der Waals surface area contributed by atoms with Gasteiger partial charge in [-0.05, 0) is 65.8 Å². The number of rotatable bonds is 4. The Bertz CT molecular complexity index is 674. The van der Waals surface area contributed by atoms with Crippen LogP contribution >= 0.6 is 28.1 Å². The van der Waals surface area contributed by atoms with E-state index in [0.29, 0.717) is 17.5 Å². The average Bonchev–Trinajstić information content (AvgIpc) is 2.46. The van der Waals surface area contributed by atoms with Crippen molar-refractivity contribution >= 4 is 39.1 Å². The maximum atomic E-state index is 13.5. The highest BCUT2D eigenvalue weighted by Gasteiger charge is 2.08. The standard InChI is InChI=1S/C15H14BrF2N3S/c1-9-11(16)5-6-14(20-9)21-15(22)19-8-7-10-12(17)3-2-4-13(10)18/h2-6H,7-8H2,1H3,(H2,19,20,21,22). The largest absolute Gasteiger partial charge is 0.362 e. The number of pyridine rings is 1. The molecule has 2 aromatic rings. The molecule has 2 rings (SSSR count). The van der Waals surface area contributed by atoms with Crippen molar-refractivity contribution in [2.75, 3.05) is 11.9 Å². The Morgan fingerprint density at radius 1 is 1.23 bits per heavy atom. The van der Waals surface area contributed by atoms with Gasteiger partial charge < -0.3 is 10.6 Å². The number of hydrogen-bond donors (Lipinski definition) is 2. The number of halogens is 3. The molecule has 0 aliphatic heterocycles. The van der Waals surface area contributed by atoms with Crippen molar-refractivity contribution in [3.63, 3.8) is 0 Å². The van der Waals surface area contributed by atoms with E-state index in [1.807, 2.05) is 13.0 Å². The molecule has 0 spiro atoms. The predicted octanol–water partition coefficient (Wildman–Crippen LogP) is 3.96. The van der Waals surface area contributed by atoms with Gasteiger partial charge in [0.2, 0.25) is 0 Å². The van der Waals surface area contributed by atoms with E-state index in [9.17, 15) is 8.78 Å². The maximum Gasteiger partial charge on any atom is 0.171 e. The Balaban J connectivity index is 1.86. The predicted molar refractivity (Wildman–Crippen MR) is 91.0 cm³/mol. The van der Waals surface area contributed by atoms with Crippen LogP contribution in [0.3, 0.4) is 0 Å². The van der Waals surface area contributed by atoms with Crippen LogP contribution in [-0.4, -0.2) is 16.6 Å². The van der Waals surface area contributed by atoms with Crippen molar-refractivity contribution in [3.05, 3.63) is 57.7 Å². The smallest absolute Gasteiger partial charge is 0.171 e. The zero-order chi connectivity index (χ0) is 16.1. The molecule has 1 heterocycles. The van der Waals surface area contributed by atoms with Gasteiger partial charge in [0.25, 0.3) is 0 Å². The van der Waals surface area contributed by atoms with Crippen LogP contribution in [0.5, 0.6) is 0 Å². The lowest BCUT2D eigenvalue weighted by Gasteiger charge is -2.11. The second-order valence-electron chi connectivity index (χ2n) is 4.59. The molecule has 2 N–H and O–H groups in total.